The molecule has 0 bridgehead atoms. The van der Waals surface area contributed by atoms with E-state index in [1.54, 1.807) is 6.20 Å². The van der Waals surface area contributed by atoms with Crippen LogP contribution in [0.1, 0.15) is 10.5 Å². The first-order valence-corrected chi connectivity index (χ1v) is 9.65. The Morgan fingerprint density at radius 3 is 2.41 bits per heavy atom. The van der Waals surface area contributed by atoms with Crippen molar-refractivity contribution < 1.29 is 4.79 Å². The third-order valence-corrected chi connectivity index (χ3v) is 5.23. The van der Waals surface area contributed by atoms with Crippen molar-refractivity contribution in [2.75, 3.05) is 31.1 Å². The summed E-state index contributed by atoms with van der Waals surface area (Å²) in [4.78, 5) is 24.4. The number of piperazine rings is 1. The van der Waals surface area contributed by atoms with Gasteiger partial charge in [-0.25, -0.2) is 0 Å². The molecule has 1 aromatic carbocycles. The van der Waals surface area contributed by atoms with Gasteiger partial charge in [0.2, 0.25) is 0 Å². The second-order valence-electron chi connectivity index (χ2n) is 7.04. The van der Waals surface area contributed by atoms with Gasteiger partial charge in [-0.2, -0.15) is 0 Å². The highest BCUT2D eigenvalue weighted by molar-refractivity contribution is 5.98. The zero-order valence-corrected chi connectivity index (χ0v) is 15.8. The number of nitrogens with zero attached hydrogens (tertiary/aromatic N) is 5. The van der Waals surface area contributed by atoms with E-state index in [1.165, 1.54) is 0 Å². The number of carbonyl (C=O) groups excluding carboxylic acids is 1. The Labute approximate surface area is 168 Å². The molecule has 1 aliphatic heterocycles. The molecule has 7 nitrogen and oxygen atoms in total. The van der Waals surface area contributed by atoms with Crippen molar-refractivity contribution >= 4 is 22.6 Å². The van der Waals surface area contributed by atoms with Crippen LogP contribution in [0.5, 0.6) is 0 Å². The Balaban J connectivity index is 1.25. The van der Waals surface area contributed by atoms with Crippen LogP contribution in [0.15, 0.2) is 66.9 Å². The fraction of sp³-hybridized carbons (Fsp3) is 0.182. The van der Waals surface area contributed by atoms with E-state index in [9.17, 15) is 4.79 Å². The van der Waals surface area contributed by atoms with Crippen LogP contribution in [0.2, 0.25) is 0 Å². The molecule has 1 fully saturated rings. The summed E-state index contributed by atoms with van der Waals surface area (Å²) < 4.78 is 0. The SMILES string of the molecule is O=C(c1cc2ccccc2[nH]1)N1CCN(c2ccc(-c3ccccn3)nn2)CC1. The first kappa shape index (κ1) is 17.4. The van der Waals surface area contributed by atoms with Crippen molar-refractivity contribution in [2.45, 2.75) is 0 Å². The van der Waals surface area contributed by atoms with Crippen LogP contribution < -0.4 is 4.90 Å². The molecule has 1 saturated heterocycles. The van der Waals surface area contributed by atoms with E-state index in [0.29, 0.717) is 18.8 Å². The minimum Gasteiger partial charge on any atom is -0.352 e. The van der Waals surface area contributed by atoms with Crippen molar-refractivity contribution in [3.63, 3.8) is 0 Å². The molecule has 0 spiro atoms. The molecule has 7 heteroatoms. The number of para-hydroxylation sites is 1. The van der Waals surface area contributed by atoms with Gasteiger partial charge in [-0.05, 0) is 36.4 Å². The lowest BCUT2D eigenvalue weighted by molar-refractivity contribution is 0.0741. The van der Waals surface area contributed by atoms with Crippen molar-refractivity contribution in [1.82, 2.24) is 25.1 Å². The molecule has 0 atom stereocenters. The summed E-state index contributed by atoms with van der Waals surface area (Å²) in [5.74, 6) is 0.861. The summed E-state index contributed by atoms with van der Waals surface area (Å²) in [5.41, 5.74) is 3.18. The third-order valence-electron chi connectivity index (χ3n) is 5.23. The molecule has 29 heavy (non-hydrogen) atoms. The second kappa shape index (κ2) is 7.35. The minimum atomic E-state index is 0.0393. The topological polar surface area (TPSA) is 78.0 Å². The summed E-state index contributed by atoms with van der Waals surface area (Å²) in [5, 5.41) is 9.73. The Kier molecular flexibility index (Phi) is 4.40. The zero-order chi connectivity index (χ0) is 19.6. The van der Waals surface area contributed by atoms with Gasteiger partial charge in [0, 0.05) is 43.3 Å². The van der Waals surface area contributed by atoms with Crippen LogP contribution in [-0.4, -0.2) is 57.2 Å². The van der Waals surface area contributed by atoms with Crippen LogP contribution in [-0.2, 0) is 0 Å². The van der Waals surface area contributed by atoms with Crippen LogP contribution in [0.3, 0.4) is 0 Å². The van der Waals surface area contributed by atoms with Crippen LogP contribution >= 0.6 is 0 Å². The summed E-state index contributed by atoms with van der Waals surface area (Å²) in [6.45, 7) is 2.75. The third kappa shape index (κ3) is 3.42. The molecule has 0 unspecified atom stereocenters. The number of pyridine rings is 1. The smallest absolute Gasteiger partial charge is 0.270 e. The average molecular weight is 384 g/mol. The molecule has 4 aromatic rings. The maximum atomic E-state index is 12.9. The van der Waals surface area contributed by atoms with Crippen LogP contribution in [0.25, 0.3) is 22.3 Å². The lowest BCUT2D eigenvalue weighted by atomic mass is 10.2. The molecule has 0 aliphatic carbocycles. The number of benzene rings is 1. The van der Waals surface area contributed by atoms with Crippen molar-refractivity contribution in [2.24, 2.45) is 0 Å². The van der Waals surface area contributed by atoms with E-state index >= 15 is 0 Å². The summed E-state index contributed by atoms with van der Waals surface area (Å²) >= 11 is 0. The number of amides is 1. The van der Waals surface area contributed by atoms with E-state index in [0.717, 1.165) is 41.2 Å². The van der Waals surface area contributed by atoms with E-state index in [-0.39, 0.29) is 5.91 Å². The van der Waals surface area contributed by atoms with Gasteiger partial charge in [-0.3, -0.25) is 9.78 Å². The molecule has 1 aliphatic rings. The van der Waals surface area contributed by atoms with E-state index < -0.39 is 0 Å². The van der Waals surface area contributed by atoms with Gasteiger partial charge >= 0.3 is 0 Å². The average Bonchev–Trinajstić information content (AvgIpc) is 3.24. The molecule has 5 rings (SSSR count). The number of hydrogen-bond acceptors (Lipinski definition) is 5. The molecule has 0 saturated carbocycles. The quantitative estimate of drug-likeness (QED) is 0.588. The van der Waals surface area contributed by atoms with Crippen molar-refractivity contribution in [3.05, 3.63) is 72.6 Å². The molecule has 1 amide bonds. The van der Waals surface area contributed by atoms with Crippen LogP contribution in [0, 0.1) is 0 Å². The Bertz CT molecular complexity index is 1100. The monoisotopic (exact) mass is 384 g/mol. The number of hydrogen-bond donors (Lipinski definition) is 1. The molecule has 3 aromatic heterocycles. The van der Waals surface area contributed by atoms with Gasteiger partial charge in [0.15, 0.2) is 5.82 Å². The normalized spacial score (nSPS) is 14.3. The first-order chi connectivity index (χ1) is 14.3. The zero-order valence-electron chi connectivity index (χ0n) is 15.8. The van der Waals surface area contributed by atoms with Crippen molar-refractivity contribution in [3.8, 4) is 11.4 Å². The molecule has 144 valence electrons. The fourth-order valence-electron chi connectivity index (χ4n) is 3.64. The van der Waals surface area contributed by atoms with Gasteiger partial charge in [0.1, 0.15) is 11.4 Å². The number of carbonyl (C=O) groups is 1. The maximum Gasteiger partial charge on any atom is 0.270 e. The number of anilines is 1. The predicted molar refractivity (Wildman–Crippen MR) is 112 cm³/mol. The maximum absolute atomic E-state index is 12.9. The number of aromatic nitrogens is 4. The van der Waals surface area contributed by atoms with E-state index in [2.05, 4.69) is 25.1 Å². The highest BCUT2D eigenvalue weighted by Crippen LogP contribution is 2.20. The number of H-pyrrole nitrogens is 1. The van der Waals surface area contributed by atoms with E-state index in [4.69, 9.17) is 0 Å². The lowest BCUT2D eigenvalue weighted by Crippen LogP contribution is -2.49. The fourth-order valence-corrected chi connectivity index (χ4v) is 3.64. The molecule has 0 radical (unpaired) electrons. The largest absolute Gasteiger partial charge is 0.352 e. The minimum absolute atomic E-state index is 0.0393. The Morgan fingerprint density at radius 1 is 0.862 bits per heavy atom. The van der Waals surface area contributed by atoms with Gasteiger partial charge < -0.3 is 14.8 Å². The Morgan fingerprint density at radius 2 is 1.69 bits per heavy atom. The molecular weight excluding hydrogens is 364 g/mol. The number of aromatic amines is 1. The van der Waals surface area contributed by atoms with Gasteiger partial charge in [-0.1, -0.05) is 24.3 Å². The van der Waals surface area contributed by atoms with Gasteiger partial charge in [-0.15, -0.1) is 10.2 Å². The molecular formula is C22H20N6O. The summed E-state index contributed by atoms with van der Waals surface area (Å²) in [7, 11) is 0. The van der Waals surface area contributed by atoms with Gasteiger partial charge in [0.05, 0.1) is 5.69 Å². The number of nitrogens with one attached hydrogen (secondary N) is 1. The summed E-state index contributed by atoms with van der Waals surface area (Å²) in [6, 6.07) is 19.5. The lowest BCUT2D eigenvalue weighted by Gasteiger charge is -2.35. The van der Waals surface area contributed by atoms with E-state index in [1.807, 2.05) is 65.6 Å². The number of rotatable bonds is 3. The first-order valence-electron chi connectivity index (χ1n) is 9.65. The predicted octanol–water partition coefficient (Wildman–Crippen LogP) is 2.98. The Hall–Kier alpha value is -3.74. The van der Waals surface area contributed by atoms with Crippen LogP contribution in [0.4, 0.5) is 5.82 Å². The van der Waals surface area contributed by atoms with Crippen molar-refractivity contribution in [1.29, 1.82) is 0 Å². The highest BCUT2D eigenvalue weighted by Gasteiger charge is 2.24. The second-order valence-corrected chi connectivity index (χ2v) is 7.04. The molecule has 4 heterocycles. The highest BCUT2D eigenvalue weighted by atomic mass is 16.2. The summed E-state index contributed by atoms with van der Waals surface area (Å²) in [6.07, 6.45) is 1.74. The van der Waals surface area contributed by atoms with Gasteiger partial charge in [0.25, 0.3) is 5.91 Å². The molecule has 1 N–H and O–H groups in total. The standard InChI is InChI=1S/C22H20N6O/c29-22(20-15-16-5-1-2-6-17(16)24-20)28-13-11-27(12-14-28)21-9-8-19(25-26-21)18-7-3-4-10-23-18/h1-10,15,24H,11-14H2. The number of fused-ring (bicyclic) bond motifs is 1.